The average molecular weight is 343 g/mol. The number of nitrogens with one attached hydrogen (secondary N) is 2. The van der Waals surface area contributed by atoms with E-state index >= 15 is 0 Å². The minimum absolute atomic E-state index is 0. The van der Waals surface area contributed by atoms with Gasteiger partial charge in [0.15, 0.2) is 5.96 Å². The summed E-state index contributed by atoms with van der Waals surface area (Å²) in [4.78, 5) is 4.15. The molecule has 0 saturated heterocycles. The predicted octanol–water partition coefficient (Wildman–Crippen LogP) is 1.99. The van der Waals surface area contributed by atoms with E-state index in [1.165, 1.54) is 0 Å². The lowest BCUT2D eigenvalue weighted by Crippen LogP contribution is -2.42. The van der Waals surface area contributed by atoms with E-state index in [0.29, 0.717) is 6.04 Å². The van der Waals surface area contributed by atoms with Crippen LogP contribution in [0, 0.1) is 0 Å². The van der Waals surface area contributed by atoms with Gasteiger partial charge in [-0.05, 0) is 26.7 Å². The van der Waals surface area contributed by atoms with Crippen LogP contribution in [-0.4, -0.2) is 38.8 Å². The smallest absolute Gasteiger partial charge is 0.191 e. The topological polar surface area (TPSA) is 45.6 Å². The van der Waals surface area contributed by atoms with Crippen LogP contribution in [0.3, 0.4) is 0 Å². The molecule has 1 atom stereocenters. The molecule has 0 aliphatic heterocycles. The number of aliphatic imine (C=N–C) groups is 1. The Morgan fingerprint density at radius 3 is 2.56 bits per heavy atom. The zero-order valence-electron chi connectivity index (χ0n) is 10.9. The molecule has 0 aromatic carbocycles. The fourth-order valence-electron chi connectivity index (χ4n) is 1.06. The molecule has 0 heterocycles. The van der Waals surface area contributed by atoms with Crippen molar-refractivity contribution in [1.82, 2.24) is 10.6 Å². The summed E-state index contributed by atoms with van der Waals surface area (Å²) in [6, 6.07) is 0.461. The maximum Gasteiger partial charge on any atom is 0.191 e. The van der Waals surface area contributed by atoms with Crippen molar-refractivity contribution in [3.8, 4) is 0 Å². The molecule has 5 heteroatoms. The normalized spacial score (nSPS) is 12.9. The van der Waals surface area contributed by atoms with Crippen molar-refractivity contribution in [2.45, 2.75) is 39.7 Å². The first-order chi connectivity index (χ1) is 7.24. The molecule has 0 radical (unpaired) electrons. The molecule has 0 saturated carbocycles. The Bertz CT molecular complexity index is 177. The quantitative estimate of drug-likeness (QED) is 0.322. The maximum atomic E-state index is 5.25. The number of ether oxygens (including phenoxy) is 1. The van der Waals surface area contributed by atoms with Crippen molar-refractivity contribution in [1.29, 1.82) is 0 Å². The summed E-state index contributed by atoms with van der Waals surface area (Å²) < 4.78 is 5.25. The maximum absolute atomic E-state index is 5.25. The van der Waals surface area contributed by atoms with Gasteiger partial charge in [-0.15, -0.1) is 24.0 Å². The van der Waals surface area contributed by atoms with Gasteiger partial charge in [0.25, 0.3) is 0 Å². The molecule has 0 amide bonds. The lowest BCUT2D eigenvalue weighted by atomic mass is 10.3. The third-order valence-corrected chi connectivity index (χ3v) is 2.18. The SMILES string of the molecule is CCOCCCNC(=NC)NC(C)CC.I. The molecular formula is C11H26IN3O. The Morgan fingerprint density at radius 2 is 2.06 bits per heavy atom. The van der Waals surface area contributed by atoms with E-state index in [1.54, 1.807) is 7.05 Å². The van der Waals surface area contributed by atoms with Crippen LogP contribution in [0.4, 0.5) is 0 Å². The first-order valence-electron chi connectivity index (χ1n) is 5.79. The van der Waals surface area contributed by atoms with Gasteiger partial charge >= 0.3 is 0 Å². The predicted molar refractivity (Wildman–Crippen MR) is 80.8 cm³/mol. The van der Waals surface area contributed by atoms with Crippen molar-refractivity contribution < 1.29 is 4.74 Å². The first-order valence-corrected chi connectivity index (χ1v) is 5.79. The Hall–Kier alpha value is -0.0400. The second-order valence-corrected chi connectivity index (χ2v) is 3.50. The van der Waals surface area contributed by atoms with Crippen LogP contribution in [0.5, 0.6) is 0 Å². The molecule has 0 fully saturated rings. The van der Waals surface area contributed by atoms with Crippen LogP contribution in [0.1, 0.15) is 33.6 Å². The number of hydrogen-bond donors (Lipinski definition) is 2. The fraction of sp³-hybridized carbons (Fsp3) is 0.909. The third kappa shape index (κ3) is 10.5. The number of nitrogens with zero attached hydrogens (tertiary/aromatic N) is 1. The molecule has 16 heavy (non-hydrogen) atoms. The summed E-state index contributed by atoms with van der Waals surface area (Å²) in [5.74, 6) is 0.876. The van der Waals surface area contributed by atoms with E-state index < -0.39 is 0 Å². The summed E-state index contributed by atoms with van der Waals surface area (Å²) in [6.07, 6.45) is 2.11. The van der Waals surface area contributed by atoms with Crippen molar-refractivity contribution in [2.24, 2.45) is 4.99 Å². The molecule has 0 spiro atoms. The number of halogens is 1. The van der Waals surface area contributed by atoms with Crippen molar-refractivity contribution in [2.75, 3.05) is 26.8 Å². The molecule has 0 aliphatic rings. The van der Waals surface area contributed by atoms with Crippen LogP contribution in [-0.2, 0) is 4.74 Å². The van der Waals surface area contributed by atoms with Crippen LogP contribution in [0.2, 0.25) is 0 Å². The summed E-state index contributed by atoms with van der Waals surface area (Å²) in [5.41, 5.74) is 0. The summed E-state index contributed by atoms with van der Waals surface area (Å²) >= 11 is 0. The third-order valence-electron chi connectivity index (χ3n) is 2.18. The van der Waals surface area contributed by atoms with Crippen LogP contribution in [0.15, 0.2) is 4.99 Å². The highest BCUT2D eigenvalue weighted by molar-refractivity contribution is 14.0. The molecule has 0 bridgehead atoms. The monoisotopic (exact) mass is 343 g/mol. The largest absolute Gasteiger partial charge is 0.382 e. The molecule has 4 nitrogen and oxygen atoms in total. The van der Waals surface area contributed by atoms with E-state index in [1.807, 2.05) is 6.92 Å². The Kier molecular flexibility index (Phi) is 14.9. The highest BCUT2D eigenvalue weighted by Gasteiger charge is 2.01. The minimum atomic E-state index is 0. The minimum Gasteiger partial charge on any atom is -0.382 e. The zero-order valence-corrected chi connectivity index (χ0v) is 13.2. The van der Waals surface area contributed by atoms with Gasteiger partial charge in [-0.25, -0.2) is 0 Å². The van der Waals surface area contributed by atoms with Crippen LogP contribution >= 0.6 is 24.0 Å². The van der Waals surface area contributed by atoms with Crippen LogP contribution in [0.25, 0.3) is 0 Å². The molecule has 1 unspecified atom stereocenters. The highest BCUT2D eigenvalue weighted by Crippen LogP contribution is 1.87. The molecule has 0 aliphatic carbocycles. The van der Waals surface area contributed by atoms with Gasteiger partial charge < -0.3 is 15.4 Å². The van der Waals surface area contributed by atoms with Gasteiger partial charge in [0.05, 0.1) is 0 Å². The molecule has 0 rings (SSSR count). The standard InChI is InChI=1S/C11H25N3O.HI/c1-5-10(3)14-11(12-4)13-8-7-9-15-6-2;/h10H,5-9H2,1-4H3,(H2,12,13,14);1H. The lowest BCUT2D eigenvalue weighted by molar-refractivity contribution is 0.145. The van der Waals surface area contributed by atoms with E-state index in [4.69, 9.17) is 4.74 Å². The van der Waals surface area contributed by atoms with Gasteiger partial charge in [-0.1, -0.05) is 6.92 Å². The summed E-state index contributed by atoms with van der Waals surface area (Å²) in [7, 11) is 1.79. The zero-order chi connectivity index (χ0) is 11.5. The number of rotatable bonds is 7. The van der Waals surface area contributed by atoms with E-state index in [9.17, 15) is 0 Å². The summed E-state index contributed by atoms with van der Waals surface area (Å²) in [6.45, 7) is 8.81. The Labute approximate surface area is 117 Å². The van der Waals surface area contributed by atoms with E-state index in [-0.39, 0.29) is 24.0 Å². The second kappa shape index (κ2) is 13.0. The summed E-state index contributed by atoms with van der Waals surface area (Å²) in [5, 5.41) is 6.56. The molecule has 98 valence electrons. The number of guanidine groups is 1. The fourth-order valence-corrected chi connectivity index (χ4v) is 1.06. The van der Waals surface area contributed by atoms with Crippen molar-refractivity contribution in [3.63, 3.8) is 0 Å². The lowest BCUT2D eigenvalue weighted by Gasteiger charge is -2.16. The van der Waals surface area contributed by atoms with Crippen molar-refractivity contribution >= 4 is 29.9 Å². The first kappa shape index (κ1) is 18.3. The number of hydrogen-bond acceptors (Lipinski definition) is 2. The Morgan fingerprint density at radius 1 is 1.38 bits per heavy atom. The average Bonchev–Trinajstić information content (AvgIpc) is 2.26. The highest BCUT2D eigenvalue weighted by atomic mass is 127. The van der Waals surface area contributed by atoms with Crippen LogP contribution < -0.4 is 10.6 Å². The van der Waals surface area contributed by atoms with Gasteiger partial charge in [-0.2, -0.15) is 0 Å². The Balaban J connectivity index is 0. The second-order valence-electron chi connectivity index (χ2n) is 3.50. The van der Waals surface area contributed by atoms with Gasteiger partial charge in [-0.3, -0.25) is 4.99 Å². The van der Waals surface area contributed by atoms with Crippen molar-refractivity contribution in [3.05, 3.63) is 0 Å². The van der Waals surface area contributed by atoms with Gasteiger partial charge in [0.1, 0.15) is 0 Å². The van der Waals surface area contributed by atoms with Gasteiger partial charge in [0.2, 0.25) is 0 Å². The van der Waals surface area contributed by atoms with E-state index in [0.717, 1.165) is 38.6 Å². The molecular weight excluding hydrogens is 317 g/mol. The molecule has 2 N–H and O–H groups in total. The molecule has 0 aromatic rings. The molecule has 0 aromatic heterocycles. The van der Waals surface area contributed by atoms with E-state index in [2.05, 4.69) is 29.5 Å². The van der Waals surface area contributed by atoms with Gasteiger partial charge in [0, 0.05) is 32.8 Å².